The Kier molecular flexibility index (Phi) is 4.08. The van der Waals surface area contributed by atoms with Gasteiger partial charge in [0.15, 0.2) is 0 Å². The van der Waals surface area contributed by atoms with E-state index < -0.39 is 0 Å². The first kappa shape index (κ1) is 11.7. The van der Waals surface area contributed by atoms with Gasteiger partial charge in [-0.05, 0) is 12.3 Å². The molecular weight excluding hydrogens is 192 g/mol. The van der Waals surface area contributed by atoms with Gasteiger partial charge >= 0.3 is 0 Å². The number of hydrogen-bond acceptors (Lipinski definition) is 3. The fraction of sp³-hybridized carbons (Fsp3) is 0.727. The lowest BCUT2D eigenvalue weighted by Crippen LogP contribution is -2.13. The predicted octanol–water partition coefficient (Wildman–Crippen LogP) is 3.31. The van der Waals surface area contributed by atoms with Crippen molar-refractivity contribution in [2.75, 3.05) is 0 Å². The van der Waals surface area contributed by atoms with E-state index in [9.17, 15) is 0 Å². The Labute approximate surface area is 90.6 Å². The van der Waals surface area contributed by atoms with Crippen molar-refractivity contribution in [3.05, 3.63) is 16.1 Å². The zero-order valence-corrected chi connectivity index (χ0v) is 10.3. The molecule has 1 atom stereocenters. The summed E-state index contributed by atoms with van der Waals surface area (Å²) in [7, 11) is 0. The standard InChI is InChI=1S/C11H20N2S/c1-7(2)5-9(12)10-6-14-11(13-10)8(3)4/h6-9H,5,12H2,1-4H3. The molecule has 1 heterocycles. The number of nitrogens with two attached hydrogens (primary N) is 1. The van der Waals surface area contributed by atoms with E-state index in [4.69, 9.17) is 5.73 Å². The van der Waals surface area contributed by atoms with E-state index in [-0.39, 0.29) is 6.04 Å². The lowest BCUT2D eigenvalue weighted by Gasteiger charge is -2.11. The van der Waals surface area contributed by atoms with Gasteiger partial charge in [-0.1, -0.05) is 27.7 Å². The molecule has 1 unspecified atom stereocenters. The summed E-state index contributed by atoms with van der Waals surface area (Å²) in [5, 5.41) is 3.29. The second-order valence-corrected chi connectivity index (χ2v) is 5.39. The molecule has 80 valence electrons. The SMILES string of the molecule is CC(C)CC(N)c1csc(C(C)C)n1. The van der Waals surface area contributed by atoms with Gasteiger partial charge in [-0.3, -0.25) is 0 Å². The molecule has 0 aromatic carbocycles. The quantitative estimate of drug-likeness (QED) is 0.831. The van der Waals surface area contributed by atoms with Crippen molar-refractivity contribution >= 4 is 11.3 Å². The van der Waals surface area contributed by atoms with Crippen molar-refractivity contribution in [1.29, 1.82) is 0 Å². The highest BCUT2D eigenvalue weighted by Gasteiger charge is 2.13. The van der Waals surface area contributed by atoms with Crippen LogP contribution in [0.4, 0.5) is 0 Å². The molecule has 0 saturated heterocycles. The largest absolute Gasteiger partial charge is 0.323 e. The number of aromatic nitrogens is 1. The number of rotatable bonds is 4. The van der Waals surface area contributed by atoms with E-state index >= 15 is 0 Å². The fourth-order valence-corrected chi connectivity index (χ4v) is 2.26. The molecule has 0 radical (unpaired) electrons. The number of hydrogen-bond donors (Lipinski definition) is 1. The molecule has 1 aromatic rings. The highest BCUT2D eigenvalue weighted by Crippen LogP contribution is 2.24. The zero-order chi connectivity index (χ0) is 10.7. The van der Waals surface area contributed by atoms with Gasteiger partial charge in [0.25, 0.3) is 0 Å². The molecule has 1 rings (SSSR count). The molecule has 0 amide bonds. The Morgan fingerprint density at radius 1 is 1.36 bits per heavy atom. The molecular formula is C11H20N2S. The van der Waals surface area contributed by atoms with Crippen LogP contribution in [0.1, 0.15) is 56.8 Å². The molecule has 0 bridgehead atoms. The van der Waals surface area contributed by atoms with Gasteiger partial charge in [-0.25, -0.2) is 4.98 Å². The van der Waals surface area contributed by atoms with E-state index in [0.29, 0.717) is 11.8 Å². The van der Waals surface area contributed by atoms with Crippen LogP contribution in [0.5, 0.6) is 0 Å². The van der Waals surface area contributed by atoms with E-state index in [1.54, 1.807) is 11.3 Å². The third-order valence-corrected chi connectivity index (χ3v) is 3.30. The van der Waals surface area contributed by atoms with Gasteiger partial charge in [-0.2, -0.15) is 0 Å². The third-order valence-electron chi connectivity index (χ3n) is 2.14. The molecule has 0 spiro atoms. The summed E-state index contributed by atoms with van der Waals surface area (Å²) in [4.78, 5) is 4.56. The van der Waals surface area contributed by atoms with Gasteiger partial charge in [0, 0.05) is 17.3 Å². The van der Waals surface area contributed by atoms with Crippen LogP contribution in [0, 0.1) is 5.92 Å². The first-order valence-corrected chi connectivity index (χ1v) is 6.09. The topological polar surface area (TPSA) is 38.9 Å². The van der Waals surface area contributed by atoms with Crippen LogP contribution in [0.25, 0.3) is 0 Å². The second kappa shape index (κ2) is 4.89. The Balaban J connectivity index is 2.66. The maximum Gasteiger partial charge on any atom is 0.0954 e. The van der Waals surface area contributed by atoms with Gasteiger partial charge in [0.05, 0.1) is 10.7 Å². The molecule has 0 fully saturated rings. The smallest absolute Gasteiger partial charge is 0.0954 e. The van der Waals surface area contributed by atoms with Crippen LogP contribution >= 0.6 is 11.3 Å². The highest BCUT2D eigenvalue weighted by molar-refractivity contribution is 7.09. The van der Waals surface area contributed by atoms with E-state index in [2.05, 4.69) is 38.1 Å². The summed E-state index contributed by atoms with van der Waals surface area (Å²) >= 11 is 1.72. The monoisotopic (exact) mass is 212 g/mol. The molecule has 0 aliphatic heterocycles. The molecule has 3 heteroatoms. The van der Waals surface area contributed by atoms with Crippen LogP contribution in [0.15, 0.2) is 5.38 Å². The third kappa shape index (κ3) is 3.07. The van der Waals surface area contributed by atoms with Crippen molar-refractivity contribution in [1.82, 2.24) is 4.98 Å². The van der Waals surface area contributed by atoms with Gasteiger partial charge < -0.3 is 5.73 Å². The Morgan fingerprint density at radius 2 is 2.00 bits per heavy atom. The van der Waals surface area contributed by atoms with E-state index in [1.807, 2.05) is 0 Å². The molecule has 14 heavy (non-hydrogen) atoms. The van der Waals surface area contributed by atoms with Gasteiger partial charge in [-0.15, -0.1) is 11.3 Å². The van der Waals surface area contributed by atoms with Gasteiger partial charge in [0.1, 0.15) is 0 Å². The van der Waals surface area contributed by atoms with Crippen LogP contribution in [0.3, 0.4) is 0 Å². The lowest BCUT2D eigenvalue weighted by molar-refractivity contribution is 0.503. The summed E-state index contributed by atoms with van der Waals surface area (Å²) in [6.07, 6.45) is 1.02. The first-order chi connectivity index (χ1) is 6.50. The van der Waals surface area contributed by atoms with Crippen LogP contribution in [-0.4, -0.2) is 4.98 Å². The maximum absolute atomic E-state index is 6.05. The molecule has 0 saturated carbocycles. The molecule has 0 aliphatic carbocycles. The average molecular weight is 212 g/mol. The van der Waals surface area contributed by atoms with Crippen LogP contribution in [-0.2, 0) is 0 Å². The van der Waals surface area contributed by atoms with Crippen molar-refractivity contribution in [3.63, 3.8) is 0 Å². The maximum atomic E-state index is 6.05. The van der Waals surface area contributed by atoms with Crippen molar-refractivity contribution < 1.29 is 0 Å². The van der Waals surface area contributed by atoms with Crippen LogP contribution < -0.4 is 5.73 Å². The van der Waals surface area contributed by atoms with Crippen molar-refractivity contribution in [2.24, 2.45) is 11.7 Å². The van der Waals surface area contributed by atoms with Crippen LogP contribution in [0.2, 0.25) is 0 Å². The Bertz CT molecular complexity index is 279. The summed E-state index contributed by atoms with van der Waals surface area (Å²) in [6, 6.07) is 0.110. The minimum atomic E-state index is 0.110. The van der Waals surface area contributed by atoms with Crippen molar-refractivity contribution in [3.8, 4) is 0 Å². The van der Waals surface area contributed by atoms with E-state index in [0.717, 1.165) is 12.1 Å². The zero-order valence-electron chi connectivity index (χ0n) is 9.45. The second-order valence-electron chi connectivity index (χ2n) is 4.50. The summed E-state index contributed by atoms with van der Waals surface area (Å²) < 4.78 is 0. The Hall–Kier alpha value is -0.410. The Morgan fingerprint density at radius 3 is 2.43 bits per heavy atom. The molecule has 2 N–H and O–H groups in total. The molecule has 1 aromatic heterocycles. The first-order valence-electron chi connectivity index (χ1n) is 5.21. The van der Waals surface area contributed by atoms with E-state index in [1.165, 1.54) is 5.01 Å². The highest BCUT2D eigenvalue weighted by atomic mass is 32.1. The predicted molar refractivity (Wildman–Crippen MR) is 62.6 cm³/mol. The minimum absolute atomic E-state index is 0.110. The van der Waals surface area contributed by atoms with Gasteiger partial charge in [0.2, 0.25) is 0 Å². The minimum Gasteiger partial charge on any atom is -0.323 e. The number of nitrogens with zero attached hydrogens (tertiary/aromatic N) is 1. The summed E-state index contributed by atoms with van der Waals surface area (Å²) in [6.45, 7) is 8.71. The fourth-order valence-electron chi connectivity index (χ4n) is 1.36. The number of thiazole rings is 1. The average Bonchev–Trinajstić information content (AvgIpc) is 2.50. The normalized spacial score (nSPS) is 13.9. The summed E-state index contributed by atoms with van der Waals surface area (Å²) in [5.74, 6) is 1.15. The summed E-state index contributed by atoms with van der Waals surface area (Å²) in [5.41, 5.74) is 7.12. The molecule has 2 nitrogen and oxygen atoms in total. The molecule has 0 aliphatic rings. The van der Waals surface area contributed by atoms with Crippen molar-refractivity contribution in [2.45, 2.75) is 46.1 Å². The lowest BCUT2D eigenvalue weighted by atomic mass is 10.0.